The van der Waals surface area contributed by atoms with Crippen molar-refractivity contribution in [2.24, 2.45) is 0 Å². The van der Waals surface area contributed by atoms with Crippen molar-refractivity contribution >= 4 is 33.6 Å². The monoisotopic (exact) mass is 1400 g/mol. The molecule has 0 aliphatic carbocycles. The molecule has 0 radical (unpaired) electrons. The second-order valence-electron chi connectivity index (χ2n) is 25.0. The number of carbonyl (C=O) groups excluding carboxylic acids is 3. The fourth-order valence-corrected chi connectivity index (χ4v) is 11.6. The summed E-state index contributed by atoms with van der Waals surface area (Å²) in [5.74, 6) is -1.64. The second kappa shape index (κ2) is 71.8. The number of aliphatic hydroxyl groups is 2. The highest BCUT2D eigenvalue weighted by Crippen LogP contribution is 2.45. The molecule has 0 bridgehead atoms. The van der Waals surface area contributed by atoms with Crippen LogP contribution in [0.1, 0.15) is 303 Å². The highest BCUT2D eigenvalue weighted by Gasteiger charge is 2.29. The molecular formula is C79H136O16P2. The first-order valence-electron chi connectivity index (χ1n) is 37.8. The third kappa shape index (κ3) is 73.0. The van der Waals surface area contributed by atoms with Crippen molar-refractivity contribution in [1.82, 2.24) is 0 Å². The molecule has 5 atom stereocenters. The molecule has 0 aliphatic rings. The maximum atomic E-state index is 12.9. The Morgan fingerprint density at radius 3 is 0.907 bits per heavy atom. The van der Waals surface area contributed by atoms with E-state index in [-0.39, 0.29) is 19.3 Å². The minimum absolute atomic E-state index is 0.0926. The number of esters is 3. The minimum atomic E-state index is -4.94. The van der Waals surface area contributed by atoms with Crippen LogP contribution in [0.5, 0.6) is 0 Å². The molecule has 0 aliphatic heterocycles. The fourth-order valence-electron chi connectivity index (χ4n) is 9.99. The number of aliphatic hydroxyl groups excluding tert-OH is 2. The van der Waals surface area contributed by atoms with Gasteiger partial charge in [0.25, 0.3) is 0 Å². The number of ether oxygens (including phenoxy) is 3. The standard InChI is InChI=1S/C79H136O16P2/c1-4-7-10-13-16-19-22-25-27-29-30-31-32-33-34-35-36-37-38-39-40-41-42-44-46-48-50-53-56-59-62-65-77(82)89-68-74(80)69-91-96(85,86)92-70-75(81)71-93-97(87,88)94-73-76(95-79(84)67-64-61-58-55-52-47-24-21-18-15-12-9-6-3)72-90-78(83)66-63-60-57-54-51-49-45-43-28-26-23-20-17-14-11-8-5-2/h7-8,10-11,16-17,19-20,25-28,30-31,33-34,45,49,54,57,74-76,80-81H,4-6,9,12-15,18,21-24,29,32,35-44,46-48,50-53,55-56,58-73H2,1-3H3,(H,85,86)(H,87,88)/b10-7-,11-8-,19-16-,20-17-,27-25-,28-26-,31-30-,34-33-,49-45-,57-54-. The minimum Gasteiger partial charge on any atom is -0.463 e. The quantitative estimate of drug-likeness (QED) is 0.0146. The molecule has 97 heavy (non-hydrogen) atoms. The SMILES string of the molecule is CC/C=C\C/C=C\C/C=C\C/C=C\C/C=C\CCCCCCCCCCCCCCCCCC(=O)OCC(O)COP(=O)(O)OCC(O)COP(=O)(O)OCC(COC(=O)CCC/C=C\C/C=C\C/C=C\C/C=C\C/C=C\CC)OC(=O)CCCCCCCCCCCCCCC. The molecule has 0 spiro atoms. The molecule has 0 amide bonds. The Hall–Kier alpha value is -4.05. The van der Waals surface area contributed by atoms with E-state index in [2.05, 4.69) is 130 Å². The Morgan fingerprint density at radius 1 is 0.299 bits per heavy atom. The van der Waals surface area contributed by atoms with Crippen molar-refractivity contribution in [3.05, 3.63) is 122 Å². The van der Waals surface area contributed by atoms with E-state index >= 15 is 0 Å². The van der Waals surface area contributed by atoms with Gasteiger partial charge in [-0.2, -0.15) is 0 Å². The third-order valence-corrected chi connectivity index (χ3v) is 17.6. The van der Waals surface area contributed by atoms with Crippen LogP contribution in [-0.2, 0) is 55.8 Å². The average Bonchev–Trinajstić information content (AvgIpc) is 1.62. The van der Waals surface area contributed by atoms with Crippen molar-refractivity contribution < 1.29 is 75.8 Å². The lowest BCUT2D eigenvalue weighted by Crippen LogP contribution is -2.30. The Balaban J connectivity index is 4.45. The molecule has 0 aromatic heterocycles. The van der Waals surface area contributed by atoms with Gasteiger partial charge in [0.05, 0.1) is 26.4 Å². The van der Waals surface area contributed by atoms with Crippen molar-refractivity contribution in [2.45, 2.75) is 322 Å². The van der Waals surface area contributed by atoms with Crippen LogP contribution in [-0.4, -0.2) is 95.9 Å². The number of phosphoric ester groups is 2. The summed E-state index contributed by atoms with van der Waals surface area (Å²) in [5.41, 5.74) is 0. The van der Waals surface area contributed by atoms with Crippen LogP contribution in [0.15, 0.2) is 122 Å². The van der Waals surface area contributed by atoms with E-state index in [0.717, 1.165) is 109 Å². The Labute approximate surface area is 589 Å². The zero-order chi connectivity index (χ0) is 70.9. The average molecular weight is 1400 g/mol. The largest absolute Gasteiger partial charge is 0.472 e. The molecule has 0 fully saturated rings. The molecule has 5 unspecified atom stereocenters. The fraction of sp³-hybridized carbons (Fsp3) is 0.709. The summed E-state index contributed by atoms with van der Waals surface area (Å²) in [5, 5.41) is 20.6. The summed E-state index contributed by atoms with van der Waals surface area (Å²) in [6.45, 7) is 2.39. The summed E-state index contributed by atoms with van der Waals surface area (Å²) in [6.07, 6.45) is 84.2. The lowest BCUT2D eigenvalue weighted by Gasteiger charge is -2.21. The lowest BCUT2D eigenvalue weighted by molar-refractivity contribution is -0.161. The van der Waals surface area contributed by atoms with E-state index in [1.54, 1.807) is 0 Å². The summed E-state index contributed by atoms with van der Waals surface area (Å²) in [6, 6.07) is 0. The first kappa shape index (κ1) is 93.0. The Kier molecular flexibility index (Phi) is 68.8. The van der Waals surface area contributed by atoms with Gasteiger partial charge in [0, 0.05) is 19.3 Å². The smallest absolute Gasteiger partial charge is 0.463 e. The molecule has 558 valence electrons. The molecule has 18 heteroatoms. The first-order valence-corrected chi connectivity index (χ1v) is 40.8. The first-order chi connectivity index (χ1) is 47.2. The molecule has 16 nitrogen and oxygen atoms in total. The highest BCUT2D eigenvalue weighted by molar-refractivity contribution is 7.47. The van der Waals surface area contributed by atoms with E-state index in [0.29, 0.717) is 25.7 Å². The molecule has 0 rings (SSSR count). The van der Waals surface area contributed by atoms with E-state index in [1.807, 2.05) is 12.2 Å². The predicted octanol–water partition coefficient (Wildman–Crippen LogP) is 21.8. The topological polar surface area (TPSA) is 231 Å². The molecule has 0 saturated carbocycles. The van der Waals surface area contributed by atoms with Gasteiger partial charge < -0.3 is 34.2 Å². The number of carbonyl (C=O) groups is 3. The summed E-state index contributed by atoms with van der Waals surface area (Å²) < 4.78 is 60.9. The Morgan fingerprint density at radius 2 is 0.557 bits per heavy atom. The van der Waals surface area contributed by atoms with Gasteiger partial charge in [-0.3, -0.25) is 32.5 Å². The molecule has 0 heterocycles. The third-order valence-electron chi connectivity index (χ3n) is 15.7. The second-order valence-corrected chi connectivity index (χ2v) is 28.0. The van der Waals surface area contributed by atoms with Gasteiger partial charge in [-0.15, -0.1) is 0 Å². The molecule has 4 N–H and O–H groups in total. The van der Waals surface area contributed by atoms with Gasteiger partial charge in [0.15, 0.2) is 6.10 Å². The maximum Gasteiger partial charge on any atom is 0.472 e. The molecular weight excluding hydrogens is 1270 g/mol. The van der Waals surface area contributed by atoms with E-state index < -0.39 is 91.5 Å². The molecule has 0 aromatic rings. The van der Waals surface area contributed by atoms with Crippen LogP contribution in [0.3, 0.4) is 0 Å². The number of hydrogen-bond acceptors (Lipinski definition) is 14. The zero-order valence-electron chi connectivity index (χ0n) is 60.7. The van der Waals surface area contributed by atoms with Gasteiger partial charge in [-0.05, 0) is 103 Å². The van der Waals surface area contributed by atoms with E-state index in [4.69, 9.17) is 32.3 Å². The van der Waals surface area contributed by atoms with Crippen molar-refractivity contribution in [1.29, 1.82) is 0 Å². The molecule has 0 aromatic carbocycles. The number of rotatable bonds is 71. The van der Waals surface area contributed by atoms with E-state index in [1.165, 1.54) is 128 Å². The number of allylic oxidation sites excluding steroid dienone is 20. The highest BCUT2D eigenvalue weighted by atomic mass is 31.2. The summed E-state index contributed by atoms with van der Waals surface area (Å²) >= 11 is 0. The number of hydrogen-bond donors (Lipinski definition) is 4. The summed E-state index contributed by atoms with van der Waals surface area (Å²) in [7, 11) is -9.79. The summed E-state index contributed by atoms with van der Waals surface area (Å²) in [4.78, 5) is 58.4. The maximum absolute atomic E-state index is 12.9. The zero-order valence-corrected chi connectivity index (χ0v) is 62.5. The number of unbranched alkanes of at least 4 members (excludes halogenated alkanes) is 28. The van der Waals surface area contributed by atoms with Crippen LogP contribution < -0.4 is 0 Å². The Bertz CT molecular complexity index is 2250. The van der Waals surface area contributed by atoms with Crippen LogP contribution in [0.25, 0.3) is 0 Å². The van der Waals surface area contributed by atoms with Crippen LogP contribution in [0.4, 0.5) is 0 Å². The van der Waals surface area contributed by atoms with Gasteiger partial charge in [0.2, 0.25) is 0 Å². The van der Waals surface area contributed by atoms with Crippen LogP contribution in [0, 0.1) is 0 Å². The van der Waals surface area contributed by atoms with Gasteiger partial charge in [-0.25, -0.2) is 9.13 Å². The number of phosphoric acid groups is 2. The van der Waals surface area contributed by atoms with E-state index in [9.17, 15) is 43.5 Å². The van der Waals surface area contributed by atoms with Gasteiger partial charge in [0.1, 0.15) is 25.4 Å². The van der Waals surface area contributed by atoms with Crippen molar-refractivity contribution in [3.63, 3.8) is 0 Å². The van der Waals surface area contributed by atoms with Gasteiger partial charge >= 0.3 is 33.6 Å². The van der Waals surface area contributed by atoms with Crippen molar-refractivity contribution in [2.75, 3.05) is 39.6 Å². The van der Waals surface area contributed by atoms with Crippen LogP contribution in [0.2, 0.25) is 0 Å². The normalized spacial score (nSPS) is 14.8. The van der Waals surface area contributed by atoms with Gasteiger partial charge in [-0.1, -0.05) is 303 Å². The lowest BCUT2D eigenvalue weighted by atomic mass is 10.0. The van der Waals surface area contributed by atoms with Crippen molar-refractivity contribution in [3.8, 4) is 0 Å². The predicted molar refractivity (Wildman–Crippen MR) is 399 cm³/mol. The van der Waals surface area contributed by atoms with Crippen LogP contribution >= 0.6 is 15.6 Å². The molecule has 0 saturated heterocycles.